The lowest BCUT2D eigenvalue weighted by molar-refractivity contribution is -0.187. The van der Waals surface area contributed by atoms with Crippen molar-refractivity contribution in [3.8, 4) is 0 Å². The fraction of sp³-hybridized carbons (Fsp3) is 1.00. The summed E-state index contributed by atoms with van der Waals surface area (Å²) in [5.41, 5.74) is 0.0575. The van der Waals surface area contributed by atoms with Crippen LogP contribution in [-0.2, 0) is 38.1 Å². The number of aliphatic hydroxyl groups excluding tert-OH is 1. The first-order chi connectivity index (χ1) is 12.4. The molecule has 12 heteroatoms. The van der Waals surface area contributed by atoms with Crippen LogP contribution in [0.25, 0.3) is 0 Å². The van der Waals surface area contributed by atoms with Gasteiger partial charge >= 0.3 is 0 Å². The van der Waals surface area contributed by atoms with E-state index in [2.05, 4.69) is 13.4 Å². The first-order valence-electron chi connectivity index (χ1n) is 8.82. The van der Waals surface area contributed by atoms with Crippen LogP contribution in [-0.4, -0.2) is 78.4 Å². The quantitative estimate of drug-likeness (QED) is 0.418. The number of hydrogen-bond donors (Lipinski definition) is 1. The second kappa shape index (κ2) is 11.3. The number of ether oxygens (including phenoxy) is 2. The van der Waals surface area contributed by atoms with Crippen molar-refractivity contribution in [3.05, 3.63) is 0 Å². The molecule has 162 valence electrons. The first kappa shape index (κ1) is 25.2. The van der Waals surface area contributed by atoms with Crippen molar-refractivity contribution in [2.45, 2.75) is 56.1 Å². The van der Waals surface area contributed by atoms with E-state index in [9.17, 15) is 16.8 Å². The monoisotopic (exact) mass is 450 g/mol. The van der Waals surface area contributed by atoms with Crippen molar-refractivity contribution in [1.82, 2.24) is 0 Å². The van der Waals surface area contributed by atoms with Gasteiger partial charge in [-0.1, -0.05) is 6.42 Å². The Kier molecular flexibility index (Phi) is 10.6. The third-order valence-corrected chi connectivity index (χ3v) is 5.60. The molecule has 2 rings (SSSR count). The summed E-state index contributed by atoms with van der Waals surface area (Å²) in [6.45, 7) is 0.353. The average Bonchev–Trinajstić information content (AvgIpc) is 2.93. The molecular formula is C15H31O9PS2. The summed E-state index contributed by atoms with van der Waals surface area (Å²) in [5, 5.41) is 8.04. The predicted molar refractivity (Wildman–Crippen MR) is 103 cm³/mol. The van der Waals surface area contributed by atoms with E-state index in [1.165, 1.54) is 6.42 Å². The van der Waals surface area contributed by atoms with E-state index in [0.717, 1.165) is 44.6 Å². The highest BCUT2D eigenvalue weighted by atomic mass is 32.2. The van der Waals surface area contributed by atoms with E-state index >= 15 is 0 Å². The molecule has 9 nitrogen and oxygen atoms in total. The highest BCUT2D eigenvalue weighted by Crippen LogP contribution is 2.39. The zero-order valence-corrected chi connectivity index (χ0v) is 18.6. The summed E-state index contributed by atoms with van der Waals surface area (Å²) < 4.78 is 62.8. The van der Waals surface area contributed by atoms with E-state index in [1.807, 2.05) is 0 Å². The van der Waals surface area contributed by atoms with Crippen LogP contribution in [0, 0.1) is 0 Å². The zero-order chi connectivity index (χ0) is 20.6. The highest BCUT2D eigenvalue weighted by molar-refractivity contribution is 7.86. The van der Waals surface area contributed by atoms with Gasteiger partial charge in [-0.3, -0.25) is 8.37 Å². The molecule has 3 unspecified atom stereocenters. The average molecular weight is 451 g/mol. The molecule has 1 aliphatic carbocycles. The van der Waals surface area contributed by atoms with Gasteiger partial charge in [-0.15, -0.1) is 9.24 Å². The SMILES string of the molecule is CS(=O)(=O)OCC(P)CC1COC2(CCCCC2)O1.CS(=O)(=O)OCCO. The fourth-order valence-corrected chi connectivity index (χ4v) is 4.23. The van der Waals surface area contributed by atoms with E-state index in [1.54, 1.807) is 0 Å². The molecule has 27 heavy (non-hydrogen) atoms. The summed E-state index contributed by atoms with van der Waals surface area (Å²) in [6.07, 6.45) is 8.32. The van der Waals surface area contributed by atoms with Crippen molar-refractivity contribution in [2.24, 2.45) is 0 Å². The van der Waals surface area contributed by atoms with Gasteiger partial charge in [0, 0.05) is 18.5 Å². The van der Waals surface area contributed by atoms with Crippen molar-refractivity contribution in [1.29, 1.82) is 0 Å². The predicted octanol–water partition coefficient (Wildman–Crippen LogP) is 0.627. The van der Waals surface area contributed by atoms with Gasteiger partial charge in [-0.05, 0) is 19.3 Å². The maximum absolute atomic E-state index is 10.9. The number of hydrogen-bond acceptors (Lipinski definition) is 9. The van der Waals surface area contributed by atoms with Gasteiger partial charge in [0.2, 0.25) is 0 Å². The van der Waals surface area contributed by atoms with Gasteiger partial charge in [0.05, 0.1) is 45.0 Å². The molecule has 3 atom stereocenters. The molecule has 1 saturated heterocycles. The van der Waals surface area contributed by atoms with Gasteiger partial charge in [0.25, 0.3) is 20.2 Å². The fourth-order valence-electron chi connectivity index (χ4n) is 2.89. The molecule has 0 aromatic heterocycles. The Morgan fingerprint density at radius 1 is 1.11 bits per heavy atom. The second-order valence-corrected chi connectivity index (χ2v) is 11.0. The van der Waals surface area contributed by atoms with Crippen LogP contribution < -0.4 is 0 Å². The van der Waals surface area contributed by atoms with E-state index in [-0.39, 0.29) is 37.4 Å². The van der Waals surface area contributed by atoms with Crippen LogP contribution in [0.3, 0.4) is 0 Å². The molecule has 1 heterocycles. The molecule has 1 N–H and O–H groups in total. The molecule has 1 aliphatic heterocycles. The molecule has 2 fully saturated rings. The normalized spacial score (nSPS) is 23.6. The smallest absolute Gasteiger partial charge is 0.264 e. The van der Waals surface area contributed by atoms with Crippen LogP contribution in [0.4, 0.5) is 0 Å². The molecule has 0 aromatic carbocycles. The van der Waals surface area contributed by atoms with Crippen LogP contribution in [0.1, 0.15) is 38.5 Å². The minimum absolute atomic E-state index is 0.0451. The molecule has 1 spiro atoms. The van der Waals surface area contributed by atoms with Crippen molar-refractivity contribution < 1.29 is 39.8 Å². The minimum atomic E-state index is -3.37. The number of aliphatic hydroxyl groups is 1. The molecule has 2 aliphatic rings. The minimum Gasteiger partial charge on any atom is -0.394 e. The Morgan fingerprint density at radius 2 is 1.70 bits per heavy atom. The van der Waals surface area contributed by atoms with E-state index < -0.39 is 20.2 Å². The summed E-state index contributed by atoms with van der Waals surface area (Å²) in [7, 11) is -4.09. The Hall–Kier alpha value is 0.130. The topological polar surface area (TPSA) is 125 Å². The third-order valence-electron chi connectivity index (χ3n) is 3.98. The highest BCUT2D eigenvalue weighted by Gasteiger charge is 2.42. The van der Waals surface area contributed by atoms with Gasteiger partial charge < -0.3 is 14.6 Å². The first-order valence-corrected chi connectivity index (χ1v) is 13.1. The lowest BCUT2D eigenvalue weighted by Crippen LogP contribution is -2.33. The lowest BCUT2D eigenvalue weighted by atomic mass is 9.94. The third kappa shape index (κ3) is 11.7. The van der Waals surface area contributed by atoms with E-state index in [0.29, 0.717) is 6.61 Å². The van der Waals surface area contributed by atoms with Crippen molar-refractivity contribution >= 4 is 29.5 Å². The van der Waals surface area contributed by atoms with Crippen LogP contribution in [0.2, 0.25) is 0 Å². The van der Waals surface area contributed by atoms with Gasteiger partial charge in [-0.25, -0.2) is 0 Å². The maximum Gasteiger partial charge on any atom is 0.264 e. The molecule has 0 radical (unpaired) electrons. The summed E-state index contributed by atoms with van der Waals surface area (Å²) in [6, 6.07) is 0. The summed E-state index contributed by atoms with van der Waals surface area (Å²) >= 11 is 0. The van der Waals surface area contributed by atoms with E-state index in [4.69, 9.17) is 18.8 Å². The molecule has 0 amide bonds. The van der Waals surface area contributed by atoms with Crippen LogP contribution >= 0.6 is 9.24 Å². The lowest BCUT2D eigenvalue weighted by Gasteiger charge is -2.32. The van der Waals surface area contributed by atoms with Gasteiger partial charge in [0.1, 0.15) is 0 Å². The second-order valence-electron chi connectivity index (χ2n) is 6.76. The van der Waals surface area contributed by atoms with Gasteiger partial charge in [0.15, 0.2) is 5.79 Å². The summed E-state index contributed by atoms with van der Waals surface area (Å²) in [4.78, 5) is 0. The Labute approximate surface area is 164 Å². The molecule has 1 saturated carbocycles. The maximum atomic E-state index is 10.9. The molecule has 0 aromatic rings. The molecular weight excluding hydrogens is 419 g/mol. The van der Waals surface area contributed by atoms with Crippen LogP contribution in [0.15, 0.2) is 0 Å². The zero-order valence-electron chi connectivity index (χ0n) is 15.8. The van der Waals surface area contributed by atoms with Crippen LogP contribution in [0.5, 0.6) is 0 Å². The van der Waals surface area contributed by atoms with Crippen molar-refractivity contribution in [3.63, 3.8) is 0 Å². The number of rotatable bonds is 8. The Balaban J connectivity index is 0.000000387. The van der Waals surface area contributed by atoms with Gasteiger partial charge in [-0.2, -0.15) is 16.8 Å². The standard InChI is InChI=1S/C12H23O5PS.C3H8O4S/c1-19(13,14)16-9-11(18)7-10-8-15-12(17-10)5-3-2-4-6-12;1-8(5,6)7-3-2-4/h10-11H,2-9,18H2,1H3;4H,2-3H2,1H3. The Bertz CT molecular complexity index is 630. The summed E-state index contributed by atoms with van der Waals surface area (Å²) in [5.74, 6) is -0.356. The Morgan fingerprint density at radius 3 is 2.19 bits per heavy atom. The van der Waals surface area contributed by atoms with Crippen molar-refractivity contribution in [2.75, 3.05) is 38.9 Å². The largest absolute Gasteiger partial charge is 0.394 e. The molecule has 0 bridgehead atoms.